The summed E-state index contributed by atoms with van der Waals surface area (Å²) in [5, 5.41) is 4.60. The van der Waals surface area contributed by atoms with E-state index in [1.54, 1.807) is 23.2 Å². The van der Waals surface area contributed by atoms with Gasteiger partial charge in [0.1, 0.15) is 10.8 Å². The maximum Gasteiger partial charge on any atom is 0.145 e. The zero-order chi connectivity index (χ0) is 13.6. The van der Waals surface area contributed by atoms with E-state index in [0.717, 1.165) is 28.7 Å². The van der Waals surface area contributed by atoms with Crippen LogP contribution in [-0.2, 0) is 6.54 Å². The van der Waals surface area contributed by atoms with E-state index in [-0.39, 0.29) is 0 Å². The summed E-state index contributed by atoms with van der Waals surface area (Å²) < 4.78 is 5.38. The highest BCUT2D eigenvalue weighted by atomic mass is 32.1. The van der Waals surface area contributed by atoms with Crippen molar-refractivity contribution in [3.8, 4) is 10.6 Å². The van der Waals surface area contributed by atoms with Gasteiger partial charge in [-0.3, -0.25) is 0 Å². The lowest BCUT2D eigenvalue weighted by molar-refractivity contribution is 0.583. The van der Waals surface area contributed by atoms with Crippen molar-refractivity contribution in [1.29, 1.82) is 0 Å². The van der Waals surface area contributed by atoms with Gasteiger partial charge >= 0.3 is 0 Å². The molecule has 4 heteroatoms. The first kappa shape index (κ1) is 13.6. The molecule has 3 rings (SSSR count). The van der Waals surface area contributed by atoms with Crippen molar-refractivity contribution in [2.75, 3.05) is 6.54 Å². The van der Waals surface area contributed by atoms with Gasteiger partial charge in [-0.05, 0) is 50.8 Å². The first-order valence-electron chi connectivity index (χ1n) is 7.29. The molecule has 0 radical (unpaired) electrons. The van der Waals surface area contributed by atoms with Crippen molar-refractivity contribution in [2.45, 2.75) is 38.6 Å². The van der Waals surface area contributed by atoms with Gasteiger partial charge in [0.05, 0.1) is 11.1 Å². The Morgan fingerprint density at radius 2 is 2.35 bits per heavy atom. The fraction of sp³-hybridized carbons (Fsp3) is 0.438. The lowest BCUT2D eigenvalue weighted by Gasteiger charge is -2.12. The van der Waals surface area contributed by atoms with Crippen LogP contribution in [0.2, 0.25) is 0 Å². The van der Waals surface area contributed by atoms with E-state index in [9.17, 15) is 0 Å². The normalized spacial score (nSPS) is 15.3. The highest BCUT2D eigenvalue weighted by Gasteiger charge is 2.07. The molecule has 0 aliphatic heterocycles. The molecular formula is C16H20N2OS. The average Bonchev–Trinajstić information content (AvgIpc) is 3.15. The van der Waals surface area contributed by atoms with Crippen LogP contribution in [0.5, 0.6) is 0 Å². The van der Waals surface area contributed by atoms with E-state index in [0.29, 0.717) is 0 Å². The number of nitrogens with one attached hydrogen (secondary N) is 1. The Morgan fingerprint density at radius 1 is 1.35 bits per heavy atom. The van der Waals surface area contributed by atoms with Gasteiger partial charge < -0.3 is 9.73 Å². The molecule has 0 saturated heterocycles. The molecular weight excluding hydrogens is 268 g/mol. The Balaban J connectivity index is 1.43. The van der Waals surface area contributed by atoms with Gasteiger partial charge in [-0.1, -0.05) is 11.6 Å². The van der Waals surface area contributed by atoms with Crippen molar-refractivity contribution in [3.63, 3.8) is 0 Å². The number of rotatable bonds is 6. The van der Waals surface area contributed by atoms with Gasteiger partial charge in [0, 0.05) is 12.7 Å². The fourth-order valence-corrected chi connectivity index (χ4v) is 3.36. The van der Waals surface area contributed by atoms with E-state index >= 15 is 0 Å². The van der Waals surface area contributed by atoms with Crippen molar-refractivity contribution in [3.05, 3.63) is 41.2 Å². The molecule has 2 aromatic heterocycles. The summed E-state index contributed by atoms with van der Waals surface area (Å²) in [7, 11) is 0. The van der Waals surface area contributed by atoms with E-state index in [1.165, 1.54) is 32.1 Å². The van der Waals surface area contributed by atoms with Crippen LogP contribution in [0.1, 0.15) is 37.1 Å². The smallest absolute Gasteiger partial charge is 0.145 e. The topological polar surface area (TPSA) is 38.1 Å². The predicted octanol–water partition coefficient (Wildman–Crippen LogP) is 4.38. The summed E-state index contributed by atoms with van der Waals surface area (Å²) >= 11 is 1.69. The SMILES string of the molecule is C1=C(CCNCc2ncc(-c3ccco3)s2)CCCC1. The lowest BCUT2D eigenvalue weighted by atomic mass is 9.97. The molecule has 1 N–H and O–H groups in total. The summed E-state index contributed by atoms with van der Waals surface area (Å²) in [6.45, 7) is 1.89. The van der Waals surface area contributed by atoms with Crippen LogP contribution in [0.25, 0.3) is 10.6 Å². The maximum absolute atomic E-state index is 5.38. The van der Waals surface area contributed by atoms with Crippen LogP contribution in [-0.4, -0.2) is 11.5 Å². The standard InChI is InChI=1S/C16H20N2OS/c1-2-5-13(6-3-1)8-9-17-12-16-18-11-15(20-16)14-7-4-10-19-14/h4-5,7,10-11,17H,1-3,6,8-9,12H2. The molecule has 2 heterocycles. The Morgan fingerprint density at radius 3 is 3.15 bits per heavy atom. The summed E-state index contributed by atoms with van der Waals surface area (Å²) in [5.41, 5.74) is 1.62. The van der Waals surface area contributed by atoms with Crippen LogP contribution in [0.4, 0.5) is 0 Å². The summed E-state index contributed by atoms with van der Waals surface area (Å²) in [4.78, 5) is 5.54. The quantitative estimate of drug-likeness (QED) is 0.633. The first-order valence-corrected chi connectivity index (χ1v) is 8.11. The van der Waals surface area contributed by atoms with Gasteiger partial charge in [-0.25, -0.2) is 4.98 Å². The number of furan rings is 1. The number of thiazole rings is 1. The molecule has 0 bridgehead atoms. The minimum absolute atomic E-state index is 0.846. The average molecular weight is 288 g/mol. The number of allylic oxidation sites excluding steroid dienone is 1. The second-order valence-electron chi connectivity index (χ2n) is 5.13. The van der Waals surface area contributed by atoms with Gasteiger partial charge in [-0.2, -0.15) is 0 Å². The third-order valence-corrected chi connectivity index (χ3v) is 4.61. The predicted molar refractivity (Wildman–Crippen MR) is 82.7 cm³/mol. The molecule has 1 aliphatic carbocycles. The van der Waals surface area contributed by atoms with Crippen LogP contribution >= 0.6 is 11.3 Å². The molecule has 1 aliphatic rings. The molecule has 0 atom stereocenters. The van der Waals surface area contributed by atoms with E-state index in [1.807, 2.05) is 18.3 Å². The van der Waals surface area contributed by atoms with E-state index in [4.69, 9.17) is 4.42 Å². The lowest BCUT2D eigenvalue weighted by Crippen LogP contribution is -2.15. The second kappa shape index (κ2) is 6.86. The van der Waals surface area contributed by atoms with Crippen LogP contribution < -0.4 is 5.32 Å². The molecule has 0 unspecified atom stereocenters. The largest absolute Gasteiger partial charge is 0.463 e. The van der Waals surface area contributed by atoms with Gasteiger partial charge in [-0.15, -0.1) is 11.3 Å². The fourth-order valence-electron chi connectivity index (χ4n) is 2.50. The molecule has 106 valence electrons. The van der Waals surface area contributed by atoms with Crippen LogP contribution in [0, 0.1) is 0 Å². The van der Waals surface area contributed by atoms with E-state index in [2.05, 4.69) is 16.4 Å². The minimum Gasteiger partial charge on any atom is -0.463 e. The first-order chi connectivity index (χ1) is 9.92. The Hall–Kier alpha value is -1.39. The zero-order valence-corrected chi connectivity index (χ0v) is 12.4. The van der Waals surface area contributed by atoms with Crippen molar-refractivity contribution < 1.29 is 4.42 Å². The van der Waals surface area contributed by atoms with E-state index < -0.39 is 0 Å². The maximum atomic E-state index is 5.38. The number of hydrogen-bond acceptors (Lipinski definition) is 4. The van der Waals surface area contributed by atoms with Gasteiger partial charge in [0.25, 0.3) is 0 Å². The summed E-state index contributed by atoms with van der Waals surface area (Å²) in [6, 6.07) is 3.88. The third-order valence-electron chi connectivity index (χ3n) is 3.60. The highest BCUT2D eigenvalue weighted by molar-refractivity contribution is 7.15. The van der Waals surface area contributed by atoms with Crippen LogP contribution in [0.3, 0.4) is 0 Å². The van der Waals surface area contributed by atoms with Crippen molar-refractivity contribution >= 4 is 11.3 Å². The Bertz CT molecular complexity index is 557. The molecule has 20 heavy (non-hydrogen) atoms. The molecule has 0 aromatic carbocycles. The van der Waals surface area contributed by atoms with Crippen molar-refractivity contribution in [2.24, 2.45) is 0 Å². The summed E-state index contributed by atoms with van der Waals surface area (Å²) in [6.07, 6.45) is 12.5. The van der Waals surface area contributed by atoms with Crippen LogP contribution in [0.15, 0.2) is 40.7 Å². The highest BCUT2D eigenvalue weighted by Crippen LogP contribution is 2.26. The Kier molecular flexibility index (Phi) is 4.66. The van der Waals surface area contributed by atoms with Gasteiger partial charge in [0.15, 0.2) is 0 Å². The monoisotopic (exact) mass is 288 g/mol. The second-order valence-corrected chi connectivity index (χ2v) is 6.25. The molecule has 0 fully saturated rings. The molecule has 0 saturated carbocycles. The number of hydrogen-bond donors (Lipinski definition) is 1. The third kappa shape index (κ3) is 3.58. The Labute approximate surface area is 123 Å². The molecule has 0 spiro atoms. The number of nitrogens with zero attached hydrogens (tertiary/aromatic N) is 1. The minimum atomic E-state index is 0.846. The number of aromatic nitrogens is 1. The van der Waals surface area contributed by atoms with Gasteiger partial charge in [0.2, 0.25) is 0 Å². The van der Waals surface area contributed by atoms with Crippen molar-refractivity contribution in [1.82, 2.24) is 10.3 Å². The zero-order valence-electron chi connectivity index (χ0n) is 11.6. The summed E-state index contributed by atoms with van der Waals surface area (Å²) in [5.74, 6) is 0.904. The molecule has 0 amide bonds. The molecule has 3 nitrogen and oxygen atoms in total. The molecule has 2 aromatic rings.